The Morgan fingerprint density at radius 1 is 1.53 bits per heavy atom. The molecule has 0 radical (unpaired) electrons. The lowest BCUT2D eigenvalue weighted by atomic mass is 10.2. The lowest BCUT2D eigenvalue weighted by molar-refractivity contribution is -0.140. The molecule has 100 valence electrons. The third kappa shape index (κ3) is 3.17. The molecule has 1 fully saturated rings. The molecule has 1 saturated heterocycles. The summed E-state index contributed by atoms with van der Waals surface area (Å²) in [7, 11) is -2.12. The van der Waals surface area contributed by atoms with Crippen molar-refractivity contribution in [3.8, 4) is 0 Å². The van der Waals surface area contributed by atoms with E-state index in [0.29, 0.717) is 25.9 Å². The summed E-state index contributed by atoms with van der Waals surface area (Å²) in [6.45, 7) is 2.72. The Morgan fingerprint density at radius 3 is 2.71 bits per heavy atom. The Balaban J connectivity index is 2.78. The van der Waals surface area contributed by atoms with Gasteiger partial charge in [0.2, 0.25) is 0 Å². The number of hydrogen-bond donors (Lipinski definition) is 1. The summed E-state index contributed by atoms with van der Waals surface area (Å²) < 4.78 is 26.6. The van der Waals surface area contributed by atoms with Crippen LogP contribution in [0.25, 0.3) is 0 Å². The summed E-state index contributed by atoms with van der Waals surface area (Å²) in [5, 5.41) is 8.98. The van der Waals surface area contributed by atoms with Crippen LogP contribution >= 0.6 is 0 Å². The number of carboxylic acids is 1. The Hall–Kier alpha value is -0.660. The first-order valence-electron chi connectivity index (χ1n) is 5.87. The van der Waals surface area contributed by atoms with E-state index in [4.69, 9.17) is 5.11 Å². The van der Waals surface area contributed by atoms with Crippen molar-refractivity contribution in [3.05, 3.63) is 0 Å². The second kappa shape index (κ2) is 5.79. The van der Waals surface area contributed by atoms with Crippen LogP contribution in [0.4, 0.5) is 0 Å². The highest BCUT2D eigenvalue weighted by molar-refractivity contribution is 7.86. The highest BCUT2D eigenvalue weighted by atomic mass is 32.2. The van der Waals surface area contributed by atoms with Gasteiger partial charge in [-0.2, -0.15) is 17.0 Å². The Labute approximate surface area is 102 Å². The molecule has 0 amide bonds. The Kier molecular flexibility index (Phi) is 4.91. The van der Waals surface area contributed by atoms with Crippen molar-refractivity contribution in [2.45, 2.75) is 38.6 Å². The second-order valence-electron chi connectivity index (χ2n) is 4.29. The zero-order valence-electron chi connectivity index (χ0n) is 10.3. The zero-order valence-corrected chi connectivity index (χ0v) is 11.1. The van der Waals surface area contributed by atoms with Gasteiger partial charge in [-0.1, -0.05) is 13.3 Å². The number of carbonyl (C=O) groups is 1. The minimum absolute atomic E-state index is 0.301. The molecule has 1 rings (SSSR count). The number of unbranched alkanes of at least 4 members (excludes halogenated alkanes) is 1. The van der Waals surface area contributed by atoms with Crippen LogP contribution in [0.5, 0.6) is 0 Å². The highest BCUT2D eigenvalue weighted by Crippen LogP contribution is 2.23. The second-order valence-corrected chi connectivity index (χ2v) is 6.28. The molecule has 0 spiro atoms. The van der Waals surface area contributed by atoms with Crippen molar-refractivity contribution in [2.24, 2.45) is 0 Å². The number of aliphatic carboxylic acids is 1. The molecular weight excluding hydrogens is 244 g/mol. The number of rotatable bonds is 6. The van der Waals surface area contributed by atoms with Crippen LogP contribution in [0, 0.1) is 0 Å². The normalized spacial score (nSPS) is 22.2. The van der Waals surface area contributed by atoms with E-state index < -0.39 is 22.2 Å². The maximum Gasteiger partial charge on any atom is 0.322 e. The summed E-state index contributed by atoms with van der Waals surface area (Å²) in [5.41, 5.74) is 0. The van der Waals surface area contributed by atoms with Crippen LogP contribution in [0.3, 0.4) is 0 Å². The predicted octanol–water partition coefficient (Wildman–Crippen LogP) is 0.512. The molecule has 1 aliphatic heterocycles. The summed E-state index contributed by atoms with van der Waals surface area (Å²) in [6.07, 6.45) is 2.69. The lowest BCUT2D eigenvalue weighted by Gasteiger charge is -2.26. The summed E-state index contributed by atoms with van der Waals surface area (Å²) in [5.74, 6) is -1.06. The van der Waals surface area contributed by atoms with Crippen molar-refractivity contribution in [1.29, 1.82) is 0 Å². The fourth-order valence-electron chi connectivity index (χ4n) is 1.94. The van der Waals surface area contributed by atoms with Gasteiger partial charge < -0.3 is 5.11 Å². The molecule has 1 aliphatic rings. The van der Waals surface area contributed by atoms with E-state index in [2.05, 4.69) is 0 Å². The van der Waals surface area contributed by atoms with Gasteiger partial charge in [-0.25, -0.2) is 0 Å². The molecule has 17 heavy (non-hydrogen) atoms. The molecular formula is C10H20N2O4S. The van der Waals surface area contributed by atoms with Crippen molar-refractivity contribution in [2.75, 3.05) is 20.1 Å². The molecule has 7 heteroatoms. The van der Waals surface area contributed by atoms with Gasteiger partial charge in [0.15, 0.2) is 0 Å². The zero-order chi connectivity index (χ0) is 13.1. The lowest BCUT2D eigenvalue weighted by Crippen LogP contribution is -2.47. The van der Waals surface area contributed by atoms with Crippen LogP contribution in [0.15, 0.2) is 0 Å². The van der Waals surface area contributed by atoms with Crippen LogP contribution in [-0.4, -0.2) is 54.3 Å². The SMILES string of the molecule is CCCCN(C)S(=O)(=O)N1CCC[C@H]1C(=O)O. The van der Waals surface area contributed by atoms with Crippen molar-refractivity contribution in [3.63, 3.8) is 0 Å². The number of nitrogens with zero attached hydrogens (tertiary/aromatic N) is 2. The molecule has 1 N–H and O–H groups in total. The van der Waals surface area contributed by atoms with E-state index in [0.717, 1.165) is 17.1 Å². The van der Waals surface area contributed by atoms with E-state index >= 15 is 0 Å². The van der Waals surface area contributed by atoms with Crippen molar-refractivity contribution < 1.29 is 18.3 Å². The first kappa shape index (κ1) is 14.4. The maximum absolute atomic E-state index is 12.1. The molecule has 0 aromatic carbocycles. The number of hydrogen-bond acceptors (Lipinski definition) is 3. The smallest absolute Gasteiger partial charge is 0.322 e. The summed E-state index contributed by atoms with van der Waals surface area (Å²) in [4.78, 5) is 11.0. The average molecular weight is 264 g/mol. The average Bonchev–Trinajstić information content (AvgIpc) is 2.75. The standard InChI is InChI=1S/C10H20N2O4S/c1-3-4-7-11(2)17(15,16)12-8-5-6-9(12)10(13)14/h9H,3-8H2,1-2H3,(H,13,14)/t9-/m0/s1. The molecule has 0 bridgehead atoms. The molecule has 0 unspecified atom stereocenters. The molecule has 1 atom stereocenters. The minimum atomic E-state index is -3.62. The summed E-state index contributed by atoms with van der Waals surface area (Å²) in [6, 6.07) is -0.899. The van der Waals surface area contributed by atoms with Crippen LogP contribution in [-0.2, 0) is 15.0 Å². The maximum atomic E-state index is 12.1. The van der Waals surface area contributed by atoms with Gasteiger partial charge in [0.1, 0.15) is 6.04 Å². The van der Waals surface area contributed by atoms with Gasteiger partial charge in [0, 0.05) is 20.1 Å². The molecule has 0 aromatic rings. The Morgan fingerprint density at radius 2 is 2.18 bits per heavy atom. The van der Waals surface area contributed by atoms with E-state index in [1.54, 1.807) is 0 Å². The minimum Gasteiger partial charge on any atom is -0.480 e. The molecule has 0 saturated carbocycles. The van der Waals surface area contributed by atoms with Crippen LogP contribution in [0.2, 0.25) is 0 Å². The van der Waals surface area contributed by atoms with Crippen LogP contribution in [0.1, 0.15) is 32.6 Å². The quantitative estimate of drug-likeness (QED) is 0.758. The predicted molar refractivity (Wildman–Crippen MR) is 63.8 cm³/mol. The van der Waals surface area contributed by atoms with E-state index in [9.17, 15) is 13.2 Å². The van der Waals surface area contributed by atoms with Gasteiger partial charge in [0.05, 0.1) is 0 Å². The van der Waals surface area contributed by atoms with Gasteiger partial charge in [-0.15, -0.1) is 0 Å². The van der Waals surface area contributed by atoms with E-state index in [1.165, 1.54) is 11.4 Å². The molecule has 0 aliphatic carbocycles. The molecule has 6 nitrogen and oxygen atoms in total. The fraction of sp³-hybridized carbons (Fsp3) is 0.900. The van der Waals surface area contributed by atoms with Gasteiger partial charge in [-0.3, -0.25) is 4.79 Å². The van der Waals surface area contributed by atoms with E-state index in [1.807, 2.05) is 6.92 Å². The topological polar surface area (TPSA) is 77.9 Å². The molecule has 1 heterocycles. The highest BCUT2D eigenvalue weighted by Gasteiger charge is 2.40. The largest absolute Gasteiger partial charge is 0.480 e. The van der Waals surface area contributed by atoms with Gasteiger partial charge >= 0.3 is 5.97 Å². The summed E-state index contributed by atoms with van der Waals surface area (Å²) >= 11 is 0. The first-order valence-corrected chi connectivity index (χ1v) is 7.27. The molecule has 0 aromatic heterocycles. The monoisotopic (exact) mass is 264 g/mol. The fourth-order valence-corrected chi connectivity index (χ4v) is 3.53. The van der Waals surface area contributed by atoms with Gasteiger partial charge in [-0.05, 0) is 19.3 Å². The first-order chi connectivity index (χ1) is 7.91. The third-order valence-corrected chi connectivity index (χ3v) is 5.01. The Bertz CT molecular complexity index is 369. The van der Waals surface area contributed by atoms with Crippen LogP contribution < -0.4 is 0 Å². The van der Waals surface area contributed by atoms with E-state index in [-0.39, 0.29) is 0 Å². The van der Waals surface area contributed by atoms with Gasteiger partial charge in [0.25, 0.3) is 10.2 Å². The van der Waals surface area contributed by atoms with Crippen molar-refractivity contribution in [1.82, 2.24) is 8.61 Å². The number of carboxylic acid groups (broad SMARTS) is 1. The van der Waals surface area contributed by atoms with Crippen molar-refractivity contribution >= 4 is 16.2 Å². The third-order valence-electron chi connectivity index (χ3n) is 3.01.